The number of benzene rings is 2. The summed E-state index contributed by atoms with van der Waals surface area (Å²) in [7, 11) is 0. The lowest BCUT2D eigenvalue weighted by Crippen LogP contribution is -2.35. The minimum absolute atomic E-state index is 0.0100. The van der Waals surface area contributed by atoms with Crippen LogP contribution in [0.15, 0.2) is 58.4 Å². The van der Waals surface area contributed by atoms with Crippen LogP contribution in [0, 0.1) is 17.0 Å². The van der Waals surface area contributed by atoms with Crippen LogP contribution in [0.1, 0.15) is 64.8 Å². The van der Waals surface area contributed by atoms with Crippen LogP contribution in [0.25, 0.3) is 0 Å². The van der Waals surface area contributed by atoms with Crippen molar-refractivity contribution in [3.8, 4) is 11.5 Å². The van der Waals surface area contributed by atoms with Crippen LogP contribution >= 0.6 is 27.3 Å². The van der Waals surface area contributed by atoms with Gasteiger partial charge in [-0.2, -0.15) is 18.3 Å². The molecule has 0 spiro atoms. The molecule has 0 fully saturated rings. The Labute approximate surface area is 251 Å². The van der Waals surface area contributed by atoms with Gasteiger partial charge in [0.15, 0.2) is 11.7 Å². The lowest BCUT2D eigenvalue weighted by molar-refractivity contribution is -0.384. The van der Waals surface area contributed by atoms with Crippen LogP contribution in [-0.2, 0) is 0 Å². The number of amides is 1. The van der Waals surface area contributed by atoms with Crippen molar-refractivity contribution in [3.63, 3.8) is 0 Å². The summed E-state index contributed by atoms with van der Waals surface area (Å²) in [6, 6.07) is 10.3. The minimum Gasteiger partial charge on any atom is -0.457 e. The summed E-state index contributed by atoms with van der Waals surface area (Å²) in [6.45, 7) is 5.86. The quantitative estimate of drug-likeness (QED) is 0.151. The van der Waals surface area contributed by atoms with E-state index in [9.17, 15) is 28.1 Å². The Hall–Kier alpha value is -3.91. The number of halogens is 4. The molecule has 220 valence electrons. The number of fused-ring (bicyclic) bond motifs is 1. The molecule has 42 heavy (non-hydrogen) atoms. The number of nitrogens with one attached hydrogen (secondary N) is 2. The number of hydrogen-bond acceptors (Lipinski definition) is 7. The van der Waals surface area contributed by atoms with Crippen molar-refractivity contribution in [2.45, 2.75) is 51.4 Å². The van der Waals surface area contributed by atoms with E-state index in [4.69, 9.17) is 4.74 Å². The summed E-state index contributed by atoms with van der Waals surface area (Å²) in [5.41, 5.74) is 1.17. The molecule has 4 aromatic rings. The van der Waals surface area contributed by atoms with Gasteiger partial charge in [0.05, 0.1) is 27.2 Å². The first kappa shape index (κ1) is 29.6. The summed E-state index contributed by atoms with van der Waals surface area (Å²) in [5, 5.41) is 23.1. The van der Waals surface area contributed by atoms with E-state index in [0.717, 1.165) is 21.9 Å². The Balaban J connectivity index is 1.47. The molecule has 2 N–H and O–H groups in total. The molecule has 5 rings (SSSR count). The standard InChI is InChI=1S/C28H25BrF3N5O4S/c1-14(2)19-7-6-15(3)9-21(19)41-18-11-16(10-17(12-18)37(39)40)33-27(38)25-24(29)26-34-20(22-5-4-8-42-22)13-23(28(30,31)32)36(26)35-25/h4-12,14,20,23,34H,13H2,1-3H3,(H,33,38)/t20-,23-/m0/s1. The van der Waals surface area contributed by atoms with E-state index < -0.39 is 29.1 Å². The zero-order valence-corrected chi connectivity index (χ0v) is 24.9. The van der Waals surface area contributed by atoms with E-state index in [1.807, 2.05) is 39.0 Å². The van der Waals surface area contributed by atoms with Gasteiger partial charge in [0.25, 0.3) is 11.6 Å². The van der Waals surface area contributed by atoms with E-state index >= 15 is 0 Å². The van der Waals surface area contributed by atoms with Gasteiger partial charge >= 0.3 is 6.18 Å². The number of nitrogens with zero attached hydrogens (tertiary/aromatic N) is 3. The van der Waals surface area contributed by atoms with Crippen LogP contribution in [0.2, 0.25) is 0 Å². The number of nitro benzene ring substituents is 1. The van der Waals surface area contributed by atoms with Gasteiger partial charge in [0.2, 0.25) is 0 Å². The molecule has 0 radical (unpaired) electrons. The highest BCUT2D eigenvalue weighted by Crippen LogP contribution is 2.47. The normalized spacial score (nSPS) is 16.6. The number of anilines is 2. The fourth-order valence-corrected chi connectivity index (χ4v) is 6.10. The van der Waals surface area contributed by atoms with Crippen molar-refractivity contribution in [1.82, 2.24) is 9.78 Å². The SMILES string of the molecule is Cc1ccc(C(C)C)c(Oc2cc(NC(=O)c3nn4c(c3Br)N[C@H](c3cccs3)C[C@H]4C(F)(F)F)cc([N+](=O)[O-])c2)c1. The Morgan fingerprint density at radius 3 is 2.67 bits per heavy atom. The predicted molar refractivity (Wildman–Crippen MR) is 157 cm³/mol. The van der Waals surface area contributed by atoms with E-state index in [-0.39, 0.29) is 45.4 Å². The average Bonchev–Trinajstić information content (AvgIpc) is 3.56. The van der Waals surface area contributed by atoms with Crippen molar-refractivity contribution in [2.75, 3.05) is 10.6 Å². The molecule has 9 nitrogen and oxygen atoms in total. The molecular weight excluding hydrogens is 639 g/mol. The smallest absolute Gasteiger partial charge is 0.410 e. The monoisotopic (exact) mass is 663 g/mol. The molecule has 1 amide bonds. The van der Waals surface area contributed by atoms with Gasteiger partial charge in [-0.25, -0.2) is 4.68 Å². The number of rotatable bonds is 7. The molecule has 0 unspecified atom stereocenters. The molecule has 2 aromatic carbocycles. The summed E-state index contributed by atoms with van der Waals surface area (Å²) in [4.78, 5) is 25.1. The average molecular weight is 665 g/mol. The van der Waals surface area contributed by atoms with Crippen LogP contribution < -0.4 is 15.4 Å². The fraction of sp³-hybridized carbons (Fsp3) is 0.286. The van der Waals surface area contributed by atoms with E-state index in [0.29, 0.717) is 10.6 Å². The highest BCUT2D eigenvalue weighted by molar-refractivity contribution is 9.10. The lowest BCUT2D eigenvalue weighted by atomic mass is 10.0. The van der Waals surface area contributed by atoms with Gasteiger partial charge in [-0.3, -0.25) is 14.9 Å². The molecule has 0 bridgehead atoms. The Morgan fingerprint density at radius 2 is 2.02 bits per heavy atom. The van der Waals surface area contributed by atoms with E-state index in [1.54, 1.807) is 17.5 Å². The van der Waals surface area contributed by atoms with E-state index in [2.05, 4.69) is 31.7 Å². The summed E-state index contributed by atoms with van der Waals surface area (Å²) in [6.07, 6.45) is -4.93. The molecule has 0 aliphatic carbocycles. The van der Waals surface area contributed by atoms with Gasteiger partial charge in [0.1, 0.15) is 17.3 Å². The van der Waals surface area contributed by atoms with Crippen molar-refractivity contribution >= 4 is 50.4 Å². The van der Waals surface area contributed by atoms with Crippen LogP contribution in [0.4, 0.5) is 30.4 Å². The third-order valence-corrected chi connectivity index (χ3v) is 8.51. The van der Waals surface area contributed by atoms with Crippen LogP contribution in [0.3, 0.4) is 0 Å². The number of hydrogen-bond donors (Lipinski definition) is 2. The number of non-ortho nitro benzene ring substituents is 1. The third kappa shape index (κ3) is 6.00. The minimum atomic E-state index is -4.62. The van der Waals surface area contributed by atoms with Gasteiger partial charge in [-0.1, -0.05) is 32.0 Å². The largest absolute Gasteiger partial charge is 0.457 e. The summed E-state index contributed by atoms with van der Waals surface area (Å²) >= 11 is 4.58. The van der Waals surface area contributed by atoms with Crippen LogP contribution in [0.5, 0.6) is 11.5 Å². The van der Waals surface area contributed by atoms with E-state index in [1.165, 1.54) is 23.5 Å². The summed E-state index contributed by atoms with van der Waals surface area (Å²) in [5.74, 6) is -0.124. The second-order valence-electron chi connectivity index (χ2n) is 10.2. The number of aryl methyl sites for hydroxylation is 1. The lowest BCUT2D eigenvalue weighted by Gasteiger charge is -2.33. The van der Waals surface area contributed by atoms with Crippen LogP contribution in [-0.4, -0.2) is 26.8 Å². The number of nitro groups is 1. The number of aromatic nitrogens is 2. The Kier molecular flexibility index (Phi) is 8.03. The van der Waals surface area contributed by atoms with Crippen molar-refractivity contribution < 1.29 is 27.6 Å². The second-order valence-corrected chi connectivity index (χ2v) is 12.0. The van der Waals surface area contributed by atoms with Gasteiger partial charge in [-0.15, -0.1) is 11.3 Å². The van der Waals surface area contributed by atoms with Crippen molar-refractivity contribution in [1.29, 1.82) is 0 Å². The number of carbonyl (C=O) groups excluding carboxylic acids is 1. The first-order valence-electron chi connectivity index (χ1n) is 12.9. The molecule has 1 aliphatic rings. The second kappa shape index (κ2) is 11.4. The topological polar surface area (TPSA) is 111 Å². The van der Waals surface area contributed by atoms with Crippen molar-refractivity contribution in [3.05, 3.63) is 90.2 Å². The highest BCUT2D eigenvalue weighted by atomic mass is 79.9. The summed E-state index contributed by atoms with van der Waals surface area (Å²) < 4.78 is 49.1. The molecule has 0 saturated carbocycles. The third-order valence-electron chi connectivity index (χ3n) is 6.78. The van der Waals surface area contributed by atoms with Gasteiger partial charge in [0, 0.05) is 23.4 Å². The number of thiophene rings is 1. The zero-order chi connectivity index (χ0) is 30.3. The molecule has 2 atom stereocenters. The number of ether oxygens (including phenoxy) is 1. The fourth-order valence-electron chi connectivity index (χ4n) is 4.75. The number of alkyl halides is 3. The maximum Gasteiger partial charge on any atom is 0.410 e. The molecular formula is C28H25BrF3N5O4S. The molecule has 0 saturated heterocycles. The zero-order valence-electron chi connectivity index (χ0n) is 22.5. The molecule has 1 aliphatic heterocycles. The highest BCUT2D eigenvalue weighted by Gasteiger charge is 2.48. The maximum atomic E-state index is 14.1. The molecule has 3 heterocycles. The van der Waals surface area contributed by atoms with Crippen molar-refractivity contribution in [2.24, 2.45) is 0 Å². The maximum absolute atomic E-state index is 14.1. The van der Waals surface area contributed by atoms with Gasteiger partial charge < -0.3 is 15.4 Å². The first-order valence-corrected chi connectivity index (χ1v) is 14.5. The Bertz CT molecular complexity index is 1660. The first-order chi connectivity index (χ1) is 19.8. The van der Waals surface area contributed by atoms with Gasteiger partial charge in [-0.05, 0) is 57.4 Å². The molecule has 2 aromatic heterocycles. The Morgan fingerprint density at radius 1 is 1.26 bits per heavy atom. The molecule has 14 heteroatoms. The number of carbonyl (C=O) groups is 1. The predicted octanol–water partition coefficient (Wildman–Crippen LogP) is 8.75.